The molecule has 35 heavy (non-hydrogen) atoms. The number of rotatable bonds is 7. The molecule has 0 saturated carbocycles. The lowest BCUT2D eigenvalue weighted by molar-refractivity contribution is -0.141. The molecule has 2 N–H and O–H groups in total. The van der Waals surface area contributed by atoms with E-state index in [1.54, 1.807) is 19.2 Å². The van der Waals surface area contributed by atoms with Gasteiger partial charge in [-0.1, -0.05) is 71.4 Å². The topological polar surface area (TPSA) is 95.9 Å². The Morgan fingerprint density at radius 1 is 1.03 bits per heavy atom. The number of nitrogens with one attached hydrogen (secondary N) is 1. The van der Waals surface area contributed by atoms with Gasteiger partial charge in [-0.05, 0) is 40.5 Å². The molecule has 1 aliphatic carbocycles. The van der Waals surface area contributed by atoms with Gasteiger partial charge in [0.1, 0.15) is 6.61 Å². The third-order valence-electron chi connectivity index (χ3n) is 6.05. The Balaban J connectivity index is 1.43. The van der Waals surface area contributed by atoms with E-state index in [1.807, 2.05) is 24.3 Å². The number of anilines is 1. The molecule has 180 valence electrons. The van der Waals surface area contributed by atoms with Crippen LogP contribution in [0.5, 0.6) is 0 Å². The Morgan fingerprint density at radius 3 is 2.23 bits per heavy atom. The number of hydrogen-bond donors (Lipinski definition) is 2. The molecule has 7 nitrogen and oxygen atoms in total. The highest BCUT2D eigenvalue weighted by atomic mass is 79.9. The van der Waals surface area contributed by atoms with E-state index in [9.17, 15) is 14.4 Å². The number of aliphatic carboxylic acids is 1. The molecule has 0 saturated heterocycles. The van der Waals surface area contributed by atoms with Crippen LogP contribution in [-0.4, -0.2) is 48.2 Å². The summed E-state index contributed by atoms with van der Waals surface area (Å²) in [6, 6.07) is 21.0. The fraction of sp³-hybridized carbons (Fsp3) is 0.222. The predicted molar refractivity (Wildman–Crippen MR) is 137 cm³/mol. The smallest absolute Gasteiger partial charge is 0.411 e. The molecule has 0 bridgehead atoms. The predicted octanol–water partition coefficient (Wildman–Crippen LogP) is 5.60. The third-order valence-corrected chi connectivity index (χ3v) is 6.51. The van der Waals surface area contributed by atoms with Crippen LogP contribution < -0.4 is 5.32 Å². The number of hydrogen-bond acceptors (Lipinski definition) is 4. The number of carbonyl (C=O) groups excluding carboxylic acids is 2. The second kappa shape index (κ2) is 10.3. The van der Waals surface area contributed by atoms with Gasteiger partial charge in [-0.2, -0.15) is 0 Å². The maximum atomic E-state index is 12.8. The Bertz CT molecular complexity index is 1250. The van der Waals surface area contributed by atoms with Gasteiger partial charge in [-0.15, -0.1) is 0 Å². The average Bonchev–Trinajstić information content (AvgIpc) is 3.15. The van der Waals surface area contributed by atoms with Gasteiger partial charge < -0.3 is 14.7 Å². The van der Waals surface area contributed by atoms with E-state index in [-0.39, 0.29) is 25.0 Å². The van der Waals surface area contributed by atoms with Crippen LogP contribution in [0.25, 0.3) is 11.1 Å². The van der Waals surface area contributed by atoms with E-state index in [1.165, 1.54) is 17.9 Å². The summed E-state index contributed by atoms with van der Waals surface area (Å²) >= 11 is 3.37. The van der Waals surface area contributed by atoms with E-state index in [0.717, 1.165) is 22.3 Å². The molecular formula is C27H25BrN2O5. The number of fused-ring (bicyclic) bond motifs is 3. The minimum atomic E-state index is -0.975. The first-order valence-electron chi connectivity index (χ1n) is 11.2. The molecule has 0 fully saturated rings. The van der Waals surface area contributed by atoms with Crippen LogP contribution in [0.3, 0.4) is 0 Å². The van der Waals surface area contributed by atoms with Crippen LogP contribution >= 0.6 is 15.9 Å². The summed E-state index contributed by atoms with van der Waals surface area (Å²) in [5.74, 6) is -2.08. The summed E-state index contributed by atoms with van der Waals surface area (Å²) in [5.41, 5.74) is 5.24. The molecule has 1 aliphatic rings. The molecule has 0 aliphatic heterocycles. The molecule has 3 aromatic carbocycles. The normalized spacial score (nSPS) is 12.9. The van der Waals surface area contributed by atoms with E-state index < -0.39 is 18.0 Å². The van der Waals surface area contributed by atoms with Crippen molar-refractivity contribution in [1.82, 2.24) is 4.90 Å². The van der Waals surface area contributed by atoms with Crippen LogP contribution in [0.1, 0.15) is 34.3 Å². The van der Waals surface area contributed by atoms with Crippen LogP contribution in [0.2, 0.25) is 0 Å². The maximum absolute atomic E-state index is 12.8. The summed E-state index contributed by atoms with van der Waals surface area (Å²) < 4.78 is 6.18. The number of nitrogens with zero attached hydrogens (tertiary/aromatic N) is 1. The van der Waals surface area contributed by atoms with Gasteiger partial charge in [-0.3, -0.25) is 14.9 Å². The highest BCUT2D eigenvalue weighted by Gasteiger charge is 2.29. The van der Waals surface area contributed by atoms with Gasteiger partial charge >= 0.3 is 12.1 Å². The van der Waals surface area contributed by atoms with Crippen LogP contribution in [0, 0.1) is 5.92 Å². The van der Waals surface area contributed by atoms with E-state index in [4.69, 9.17) is 9.84 Å². The standard InChI is InChI=1S/C27H25BrN2O5/c1-16(26(32)33)14-30(2)25(31)17-11-18(28)13-19(12-17)29-27(34)35-15-24-22-9-5-3-7-20(22)21-8-4-6-10-23(21)24/h3-13,16,24H,14-15H2,1-2H3,(H,29,34)(H,32,33). The largest absolute Gasteiger partial charge is 0.481 e. The van der Waals surface area contributed by atoms with Crippen molar-refractivity contribution in [3.8, 4) is 11.1 Å². The van der Waals surface area contributed by atoms with Crippen LogP contribution in [-0.2, 0) is 9.53 Å². The van der Waals surface area contributed by atoms with Crippen molar-refractivity contribution in [3.05, 3.63) is 87.9 Å². The second-order valence-electron chi connectivity index (χ2n) is 8.60. The zero-order chi connectivity index (χ0) is 25.1. The fourth-order valence-corrected chi connectivity index (χ4v) is 4.82. The molecule has 0 heterocycles. The zero-order valence-corrected chi connectivity index (χ0v) is 20.9. The van der Waals surface area contributed by atoms with Gasteiger partial charge in [0.15, 0.2) is 0 Å². The van der Waals surface area contributed by atoms with Gasteiger partial charge in [0.25, 0.3) is 5.91 Å². The van der Waals surface area contributed by atoms with Crippen molar-refractivity contribution in [2.24, 2.45) is 5.92 Å². The number of carboxylic acid groups (broad SMARTS) is 1. The molecule has 0 radical (unpaired) electrons. The average molecular weight is 537 g/mol. The summed E-state index contributed by atoms with van der Waals surface area (Å²) in [5, 5.41) is 11.8. The zero-order valence-electron chi connectivity index (χ0n) is 19.3. The monoisotopic (exact) mass is 536 g/mol. The molecule has 3 aromatic rings. The van der Waals surface area contributed by atoms with Crippen LogP contribution in [0.15, 0.2) is 71.2 Å². The van der Waals surface area contributed by atoms with Gasteiger partial charge in [-0.25, -0.2) is 4.79 Å². The molecule has 2 amide bonds. The molecule has 0 aromatic heterocycles. The lowest BCUT2D eigenvalue weighted by Gasteiger charge is -2.20. The Hall–Kier alpha value is -3.65. The van der Waals surface area contributed by atoms with Crippen molar-refractivity contribution >= 4 is 39.6 Å². The molecule has 1 atom stereocenters. The first-order chi connectivity index (χ1) is 16.7. The lowest BCUT2D eigenvalue weighted by Crippen LogP contribution is -2.33. The molecule has 8 heteroatoms. The minimum absolute atomic E-state index is 0.0577. The fourth-order valence-electron chi connectivity index (χ4n) is 4.33. The highest BCUT2D eigenvalue weighted by molar-refractivity contribution is 9.10. The first-order valence-corrected chi connectivity index (χ1v) is 11.9. The van der Waals surface area contributed by atoms with Crippen molar-refractivity contribution in [2.75, 3.05) is 25.5 Å². The summed E-state index contributed by atoms with van der Waals surface area (Å²) in [6.45, 7) is 1.78. The number of ether oxygens (including phenoxy) is 1. The number of carbonyl (C=O) groups is 3. The highest BCUT2D eigenvalue weighted by Crippen LogP contribution is 2.44. The minimum Gasteiger partial charge on any atom is -0.481 e. The van der Waals surface area contributed by atoms with E-state index in [2.05, 4.69) is 45.5 Å². The number of amides is 2. The molecular weight excluding hydrogens is 512 g/mol. The lowest BCUT2D eigenvalue weighted by atomic mass is 9.98. The van der Waals surface area contributed by atoms with Crippen molar-refractivity contribution < 1.29 is 24.2 Å². The number of benzene rings is 3. The van der Waals surface area contributed by atoms with Crippen molar-refractivity contribution in [1.29, 1.82) is 0 Å². The Morgan fingerprint density at radius 2 is 1.63 bits per heavy atom. The SMILES string of the molecule is CC(CN(C)C(=O)c1cc(Br)cc(NC(=O)OCC2c3ccccc3-c3ccccc32)c1)C(=O)O. The summed E-state index contributed by atoms with van der Waals surface area (Å²) in [6.07, 6.45) is -0.629. The van der Waals surface area contributed by atoms with Crippen molar-refractivity contribution in [2.45, 2.75) is 12.8 Å². The van der Waals surface area contributed by atoms with E-state index >= 15 is 0 Å². The van der Waals surface area contributed by atoms with Gasteiger partial charge in [0, 0.05) is 35.2 Å². The summed E-state index contributed by atoms with van der Waals surface area (Å²) in [7, 11) is 1.54. The van der Waals surface area contributed by atoms with E-state index in [0.29, 0.717) is 15.7 Å². The second-order valence-corrected chi connectivity index (χ2v) is 9.52. The first kappa shape index (κ1) is 24.5. The summed E-state index contributed by atoms with van der Waals surface area (Å²) in [4.78, 5) is 37.9. The van der Waals surface area contributed by atoms with Crippen molar-refractivity contribution in [3.63, 3.8) is 0 Å². The Labute approximate surface area is 211 Å². The molecule has 4 rings (SSSR count). The number of carboxylic acids is 1. The maximum Gasteiger partial charge on any atom is 0.411 e. The Kier molecular flexibility index (Phi) is 7.21. The van der Waals surface area contributed by atoms with Crippen LogP contribution in [0.4, 0.5) is 10.5 Å². The third kappa shape index (κ3) is 5.38. The number of halogens is 1. The molecule has 0 spiro atoms. The molecule has 1 unspecified atom stereocenters. The van der Waals surface area contributed by atoms with Gasteiger partial charge in [0.2, 0.25) is 0 Å². The van der Waals surface area contributed by atoms with Gasteiger partial charge in [0.05, 0.1) is 5.92 Å². The quantitative estimate of drug-likeness (QED) is 0.409.